The second kappa shape index (κ2) is 11.0. The summed E-state index contributed by atoms with van der Waals surface area (Å²) in [6, 6.07) is 15.6. The number of amides is 1. The first-order valence-corrected chi connectivity index (χ1v) is 11.6. The Morgan fingerprint density at radius 3 is 2.52 bits per heavy atom. The van der Waals surface area contributed by atoms with Gasteiger partial charge >= 0.3 is 0 Å². The van der Waals surface area contributed by atoms with E-state index in [1.807, 2.05) is 62.4 Å². The number of carbonyl (C=O) groups is 1. The van der Waals surface area contributed by atoms with Crippen molar-refractivity contribution < 1.29 is 17.9 Å². The molecule has 158 valence electrons. The fourth-order valence-corrected chi connectivity index (χ4v) is 3.97. The van der Waals surface area contributed by atoms with Crippen LogP contribution in [-0.4, -0.2) is 40.3 Å². The average Bonchev–Trinajstić information content (AvgIpc) is 2.67. The molecule has 0 spiro atoms. The van der Waals surface area contributed by atoms with Crippen molar-refractivity contribution in [3.05, 3.63) is 65.2 Å². The molecule has 0 aliphatic carbocycles. The van der Waals surface area contributed by atoms with Crippen LogP contribution in [0.3, 0.4) is 0 Å². The molecule has 0 aliphatic rings. The highest BCUT2D eigenvalue weighted by Crippen LogP contribution is 2.24. The maximum atomic E-state index is 12.2. The van der Waals surface area contributed by atoms with Crippen molar-refractivity contribution in [3.8, 4) is 0 Å². The lowest BCUT2D eigenvalue weighted by Crippen LogP contribution is -2.33. The Morgan fingerprint density at radius 2 is 1.83 bits per heavy atom. The molecule has 0 bridgehead atoms. The molecule has 7 heteroatoms. The van der Waals surface area contributed by atoms with Crippen LogP contribution in [0.25, 0.3) is 0 Å². The van der Waals surface area contributed by atoms with Gasteiger partial charge in [-0.2, -0.15) is 0 Å². The second-order valence-electron chi connectivity index (χ2n) is 7.12. The van der Waals surface area contributed by atoms with Crippen molar-refractivity contribution >= 4 is 21.6 Å². The van der Waals surface area contributed by atoms with Crippen LogP contribution in [0.5, 0.6) is 0 Å². The Morgan fingerprint density at radius 1 is 1.10 bits per heavy atom. The molecular formula is C22H30N2O4S. The number of benzene rings is 2. The van der Waals surface area contributed by atoms with Crippen LogP contribution < -0.4 is 9.62 Å². The number of nitrogens with one attached hydrogen (secondary N) is 1. The summed E-state index contributed by atoms with van der Waals surface area (Å²) in [5.74, 6) is -0.109. The lowest BCUT2D eigenvalue weighted by atomic mass is 10.1. The Hall–Kier alpha value is -2.38. The van der Waals surface area contributed by atoms with Crippen molar-refractivity contribution in [1.82, 2.24) is 5.32 Å². The van der Waals surface area contributed by atoms with Gasteiger partial charge < -0.3 is 10.1 Å². The number of anilines is 1. The van der Waals surface area contributed by atoms with Gasteiger partial charge in [0.25, 0.3) is 0 Å². The third kappa shape index (κ3) is 7.87. The summed E-state index contributed by atoms with van der Waals surface area (Å²) in [6.07, 6.45) is 1.89. The number of hydrogen-bond acceptors (Lipinski definition) is 4. The number of nitrogens with zero attached hydrogens (tertiary/aromatic N) is 1. The highest BCUT2D eigenvalue weighted by Gasteiger charge is 2.19. The summed E-state index contributed by atoms with van der Waals surface area (Å²) in [5, 5.41) is 2.81. The molecule has 0 saturated carbocycles. The molecule has 0 fully saturated rings. The van der Waals surface area contributed by atoms with Crippen LogP contribution >= 0.6 is 0 Å². The molecule has 0 aliphatic heterocycles. The largest absolute Gasteiger partial charge is 0.375 e. The molecule has 2 aromatic carbocycles. The molecule has 0 unspecified atom stereocenters. The SMILES string of the molecule is Cc1ccc(C)c(N(CCCC(=O)NCCOCc2ccccc2)S(C)(=O)=O)c1. The molecular weight excluding hydrogens is 388 g/mol. The van der Waals surface area contributed by atoms with E-state index in [1.54, 1.807) is 0 Å². The molecule has 0 aromatic heterocycles. The van der Waals surface area contributed by atoms with Crippen molar-refractivity contribution in [2.24, 2.45) is 0 Å². The van der Waals surface area contributed by atoms with Gasteiger partial charge in [0.15, 0.2) is 0 Å². The maximum Gasteiger partial charge on any atom is 0.232 e. The monoisotopic (exact) mass is 418 g/mol. The molecule has 2 aromatic rings. The van der Waals surface area contributed by atoms with E-state index >= 15 is 0 Å². The lowest BCUT2D eigenvalue weighted by Gasteiger charge is -2.24. The summed E-state index contributed by atoms with van der Waals surface area (Å²) in [6.45, 7) is 5.44. The number of ether oxygens (including phenoxy) is 1. The summed E-state index contributed by atoms with van der Waals surface area (Å²) < 4.78 is 31.4. The van der Waals surface area contributed by atoms with Crippen LogP contribution in [0.15, 0.2) is 48.5 Å². The number of carbonyl (C=O) groups excluding carboxylic acids is 1. The van der Waals surface area contributed by atoms with Crippen molar-refractivity contribution in [1.29, 1.82) is 0 Å². The lowest BCUT2D eigenvalue weighted by molar-refractivity contribution is -0.121. The molecule has 29 heavy (non-hydrogen) atoms. The van der Waals surface area contributed by atoms with Crippen LogP contribution in [0, 0.1) is 13.8 Å². The van der Waals surface area contributed by atoms with Crippen molar-refractivity contribution in [2.45, 2.75) is 33.3 Å². The Balaban J connectivity index is 1.74. The van der Waals surface area contributed by atoms with Crippen molar-refractivity contribution in [2.75, 3.05) is 30.3 Å². The van der Waals surface area contributed by atoms with Crippen LogP contribution in [0.2, 0.25) is 0 Å². The first kappa shape index (κ1) is 22.9. The van der Waals surface area contributed by atoms with Gasteiger partial charge in [0, 0.05) is 19.5 Å². The average molecular weight is 419 g/mol. The van der Waals surface area contributed by atoms with E-state index in [1.165, 1.54) is 10.6 Å². The van der Waals surface area contributed by atoms with Gasteiger partial charge in [-0.3, -0.25) is 9.10 Å². The van der Waals surface area contributed by atoms with E-state index in [0.717, 1.165) is 16.7 Å². The number of sulfonamides is 1. The zero-order valence-corrected chi connectivity index (χ0v) is 18.2. The fraction of sp³-hybridized carbons (Fsp3) is 0.409. The van der Waals surface area contributed by atoms with Gasteiger partial charge in [0.2, 0.25) is 15.9 Å². The quantitative estimate of drug-likeness (QED) is 0.569. The van der Waals surface area contributed by atoms with Gasteiger partial charge in [0.05, 0.1) is 25.2 Å². The fourth-order valence-electron chi connectivity index (χ4n) is 2.95. The van der Waals surface area contributed by atoms with Gasteiger partial charge in [-0.05, 0) is 43.0 Å². The van der Waals surface area contributed by atoms with Crippen molar-refractivity contribution in [3.63, 3.8) is 0 Å². The second-order valence-corrected chi connectivity index (χ2v) is 9.02. The van der Waals surface area contributed by atoms with Gasteiger partial charge in [-0.1, -0.05) is 42.5 Å². The van der Waals surface area contributed by atoms with Gasteiger partial charge in [-0.15, -0.1) is 0 Å². The topological polar surface area (TPSA) is 75.7 Å². The Labute approximate surface area is 173 Å². The summed E-state index contributed by atoms with van der Waals surface area (Å²) in [5.41, 5.74) is 3.64. The molecule has 0 heterocycles. The maximum absolute atomic E-state index is 12.2. The number of aryl methyl sites for hydroxylation is 2. The van der Waals surface area contributed by atoms with Gasteiger partial charge in [0.1, 0.15) is 0 Å². The highest BCUT2D eigenvalue weighted by molar-refractivity contribution is 7.92. The first-order chi connectivity index (χ1) is 13.8. The molecule has 6 nitrogen and oxygen atoms in total. The molecule has 1 amide bonds. The predicted octanol–water partition coefficient (Wildman–Crippen LogP) is 3.18. The van der Waals surface area contributed by atoms with Crippen LogP contribution in [0.4, 0.5) is 5.69 Å². The van der Waals surface area contributed by atoms with E-state index in [4.69, 9.17) is 4.74 Å². The molecule has 0 saturated heterocycles. The minimum absolute atomic E-state index is 0.109. The molecule has 0 atom stereocenters. The zero-order chi connectivity index (χ0) is 21.3. The zero-order valence-electron chi connectivity index (χ0n) is 17.3. The first-order valence-electron chi connectivity index (χ1n) is 9.70. The number of hydrogen-bond donors (Lipinski definition) is 1. The normalized spacial score (nSPS) is 11.3. The van der Waals surface area contributed by atoms with Crippen LogP contribution in [0.1, 0.15) is 29.5 Å². The smallest absolute Gasteiger partial charge is 0.232 e. The van der Waals surface area contributed by atoms with E-state index in [2.05, 4.69) is 5.32 Å². The number of rotatable bonds is 11. The van der Waals surface area contributed by atoms with E-state index in [9.17, 15) is 13.2 Å². The Kier molecular flexibility index (Phi) is 8.67. The predicted molar refractivity (Wildman–Crippen MR) is 116 cm³/mol. The molecule has 0 radical (unpaired) electrons. The summed E-state index contributed by atoms with van der Waals surface area (Å²) in [4.78, 5) is 12.0. The van der Waals surface area contributed by atoms with E-state index < -0.39 is 10.0 Å². The Bertz CT molecular complexity index is 898. The molecule has 2 rings (SSSR count). The summed E-state index contributed by atoms with van der Waals surface area (Å²) >= 11 is 0. The highest BCUT2D eigenvalue weighted by atomic mass is 32.2. The van der Waals surface area contributed by atoms with Crippen LogP contribution in [-0.2, 0) is 26.2 Å². The minimum Gasteiger partial charge on any atom is -0.375 e. The van der Waals surface area contributed by atoms with E-state index in [0.29, 0.717) is 31.9 Å². The third-order valence-electron chi connectivity index (χ3n) is 4.48. The van der Waals surface area contributed by atoms with Gasteiger partial charge in [-0.25, -0.2) is 8.42 Å². The minimum atomic E-state index is -3.42. The van der Waals surface area contributed by atoms with E-state index in [-0.39, 0.29) is 18.9 Å². The molecule has 1 N–H and O–H groups in total. The third-order valence-corrected chi connectivity index (χ3v) is 5.66. The standard InChI is InChI=1S/C22H30N2O4S/c1-18-11-12-19(2)21(16-18)24(29(3,26)27)14-7-10-22(25)23-13-15-28-17-20-8-5-4-6-9-20/h4-6,8-9,11-12,16H,7,10,13-15,17H2,1-3H3,(H,23,25). The summed E-state index contributed by atoms with van der Waals surface area (Å²) in [7, 11) is -3.42.